The molecule has 22 heavy (non-hydrogen) atoms. The Morgan fingerprint density at radius 3 is 2.68 bits per heavy atom. The van der Waals surface area contributed by atoms with Crippen LogP contribution in [0.4, 0.5) is 0 Å². The van der Waals surface area contributed by atoms with Gasteiger partial charge in [-0.05, 0) is 24.8 Å². The molecule has 122 valence electrons. The summed E-state index contributed by atoms with van der Waals surface area (Å²) < 4.78 is 5.19. The number of rotatable bonds is 4. The lowest BCUT2D eigenvalue weighted by Gasteiger charge is -2.30. The lowest BCUT2D eigenvalue weighted by Crippen LogP contribution is -2.38. The highest BCUT2D eigenvalue weighted by molar-refractivity contribution is 7.12. The van der Waals surface area contributed by atoms with Crippen LogP contribution in [0.2, 0.25) is 0 Å². The molecule has 1 aromatic heterocycles. The van der Waals surface area contributed by atoms with E-state index in [0.29, 0.717) is 5.92 Å². The van der Waals surface area contributed by atoms with Crippen LogP contribution in [0.5, 0.6) is 0 Å². The number of amides is 1. The minimum Gasteiger partial charge on any atom is -0.384 e. The van der Waals surface area contributed by atoms with Crippen molar-refractivity contribution in [2.75, 3.05) is 26.8 Å². The van der Waals surface area contributed by atoms with Crippen LogP contribution in [0, 0.1) is 5.92 Å². The fourth-order valence-corrected chi connectivity index (χ4v) is 3.40. The molecule has 0 spiro atoms. The van der Waals surface area contributed by atoms with E-state index >= 15 is 0 Å². The molecular formula is C17H26N2O2S. The standard InChI is InChI=1S/C17H26N2O2S/c1-17(2,3)16-18-11-14(22-16)5-6-15(20)19-9-7-13(8-10-19)12-21-4/h5-6,11,13H,7-10,12H2,1-4H3/b6-5+. The first kappa shape index (κ1) is 17.2. The summed E-state index contributed by atoms with van der Waals surface area (Å²) in [5.41, 5.74) is 0.0595. The van der Waals surface area contributed by atoms with Crippen molar-refractivity contribution in [2.24, 2.45) is 5.92 Å². The zero-order chi connectivity index (χ0) is 16.2. The number of likely N-dealkylation sites (tertiary alicyclic amines) is 1. The van der Waals surface area contributed by atoms with Crippen LogP contribution in [0.1, 0.15) is 43.5 Å². The van der Waals surface area contributed by atoms with Gasteiger partial charge in [-0.2, -0.15) is 0 Å². The van der Waals surface area contributed by atoms with E-state index in [0.717, 1.165) is 42.4 Å². The molecule has 0 aliphatic carbocycles. The molecule has 2 rings (SSSR count). The Balaban J connectivity index is 1.88. The highest BCUT2D eigenvalue weighted by atomic mass is 32.1. The fourth-order valence-electron chi connectivity index (χ4n) is 2.52. The minimum atomic E-state index is 0.0595. The summed E-state index contributed by atoms with van der Waals surface area (Å²) in [6.07, 6.45) is 7.47. The van der Waals surface area contributed by atoms with Gasteiger partial charge in [-0.1, -0.05) is 20.8 Å². The van der Waals surface area contributed by atoms with Crippen molar-refractivity contribution in [3.63, 3.8) is 0 Å². The third-order valence-electron chi connectivity index (χ3n) is 3.88. The SMILES string of the molecule is COCC1CCN(C(=O)/C=C/c2cnc(C(C)(C)C)s2)CC1. The Kier molecular flexibility index (Phi) is 5.75. The van der Waals surface area contributed by atoms with Crippen molar-refractivity contribution in [1.29, 1.82) is 0 Å². The maximum Gasteiger partial charge on any atom is 0.246 e. The summed E-state index contributed by atoms with van der Waals surface area (Å²) in [6, 6.07) is 0. The number of thiazole rings is 1. The summed E-state index contributed by atoms with van der Waals surface area (Å²) in [4.78, 5) is 19.6. The fraction of sp³-hybridized carbons (Fsp3) is 0.647. The topological polar surface area (TPSA) is 42.4 Å². The number of nitrogens with zero attached hydrogens (tertiary/aromatic N) is 2. The maximum atomic E-state index is 12.2. The molecule has 1 aliphatic heterocycles. The van der Waals surface area contributed by atoms with E-state index in [1.807, 2.05) is 17.2 Å². The summed E-state index contributed by atoms with van der Waals surface area (Å²) in [6.45, 7) is 8.90. The molecular weight excluding hydrogens is 296 g/mol. The van der Waals surface area contributed by atoms with E-state index in [1.165, 1.54) is 0 Å². The van der Waals surface area contributed by atoms with E-state index in [1.54, 1.807) is 24.5 Å². The Bertz CT molecular complexity index is 523. The molecule has 4 nitrogen and oxygen atoms in total. The molecule has 1 saturated heterocycles. The molecule has 0 atom stereocenters. The normalized spacial score (nSPS) is 17.4. The Morgan fingerprint density at radius 2 is 2.14 bits per heavy atom. The van der Waals surface area contributed by atoms with Crippen molar-refractivity contribution in [3.05, 3.63) is 22.2 Å². The van der Waals surface area contributed by atoms with Crippen molar-refractivity contribution in [3.8, 4) is 0 Å². The van der Waals surface area contributed by atoms with Crippen LogP contribution in [0.3, 0.4) is 0 Å². The third kappa shape index (κ3) is 4.65. The van der Waals surface area contributed by atoms with Gasteiger partial charge < -0.3 is 9.64 Å². The first-order valence-corrected chi connectivity index (χ1v) is 8.64. The van der Waals surface area contributed by atoms with Gasteiger partial charge in [0.2, 0.25) is 5.91 Å². The lowest BCUT2D eigenvalue weighted by atomic mass is 9.98. The van der Waals surface area contributed by atoms with Crippen LogP contribution in [-0.4, -0.2) is 42.6 Å². The van der Waals surface area contributed by atoms with E-state index in [2.05, 4.69) is 25.8 Å². The first-order valence-electron chi connectivity index (χ1n) is 7.82. The van der Waals surface area contributed by atoms with Gasteiger partial charge in [-0.15, -0.1) is 11.3 Å². The average Bonchev–Trinajstić information content (AvgIpc) is 2.95. The predicted octanol–water partition coefficient (Wildman–Crippen LogP) is 3.34. The smallest absolute Gasteiger partial charge is 0.246 e. The Hall–Kier alpha value is -1.20. The number of ether oxygens (including phenoxy) is 1. The van der Waals surface area contributed by atoms with Crippen molar-refractivity contribution in [2.45, 2.75) is 39.0 Å². The average molecular weight is 322 g/mol. The number of hydrogen-bond donors (Lipinski definition) is 0. The Labute approximate surface area is 137 Å². The van der Waals surface area contributed by atoms with Crippen LogP contribution in [-0.2, 0) is 14.9 Å². The Morgan fingerprint density at radius 1 is 1.45 bits per heavy atom. The highest BCUT2D eigenvalue weighted by Crippen LogP contribution is 2.27. The summed E-state index contributed by atoms with van der Waals surface area (Å²) in [5, 5.41) is 1.10. The molecule has 5 heteroatoms. The van der Waals surface area contributed by atoms with Gasteiger partial charge in [0, 0.05) is 49.4 Å². The van der Waals surface area contributed by atoms with Gasteiger partial charge in [0.05, 0.1) is 5.01 Å². The van der Waals surface area contributed by atoms with E-state index in [9.17, 15) is 4.79 Å². The van der Waals surface area contributed by atoms with Gasteiger partial charge in [0.25, 0.3) is 0 Å². The second-order valence-corrected chi connectivity index (χ2v) is 7.94. The molecule has 1 fully saturated rings. The highest BCUT2D eigenvalue weighted by Gasteiger charge is 2.21. The van der Waals surface area contributed by atoms with E-state index in [4.69, 9.17) is 4.74 Å². The summed E-state index contributed by atoms with van der Waals surface area (Å²) in [5.74, 6) is 0.690. The summed E-state index contributed by atoms with van der Waals surface area (Å²) in [7, 11) is 1.74. The number of methoxy groups -OCH3 is 1. The van der Waals surface area contributed by atoms with Gasteiger partial charge in [0.15, 0.2) is 0 Å². The van der Waals surface area contributed by atoms with Crippen molar-refractivity contribution in [1.82, 2.24) is 9.88 Å². The number of carbonyl (C=O) groups excluding carboxylic acids is 1. The number of carbonyl (C=O) groups is 1. The quantitative estimate of drug-likeness (QED) is 0.799. The van der Waals surface area contributed by atoms with Gasteiger partial charge in [0.1, 0.15) is 0 Å². The van der Waals surface area contributed by atoms with E-state index < -0.39 is 0 Å². The van der Waals surface area contributed by atoms with Gasteiger partial charge in [-0.3, -0.25) is 4.79 Å². The lowest BCUT2D eigenvalue weighted by molar-refractivity contribution is -0.127. The molecule has 0 saturated carbocycles. The molecule has 1 aliphatic rings. The summed E-state index contributed by atoms with van der Waals surface area (Å²) >= 11 is 1.65. The van der Waals surface area contributed by atoms with Gasteiger partial charge >= 0.3 is 0 Å². The number of piperidine rings is 1. The molecule has 1 amide bonds. The molecule has 0 N–H and O–H groups in total. The van der Waals surface area contributed by atoms with Crippen LogP contribution >= 0.6 is 11.3 Å². The van der Waals surface area contributed by atoms with Crippen molar-refractivity contribution < 1.29 is 9.53 Å². The van der Waals surface area contributed by atoms with Gasteiger partial charge in [-0.25, -0.2) is 4.98 Å². The van der Waals surface area contributed by atoms with Crippen molar-refractivity contribution >= 4 is 23.3 Å². The number of hydrogen-bond acceptors (Lipinski definition) is 4. The third-order valence-corrected chi connectivity index (χ3v) is 5.27. The minimum absolute atomic E-state index is 0.0595. The van der Waals surface area contributed by atoms with Crippen LogP contribution < -0.4 is 0 Å². The maximum absolute atomic E-state index is 12.2. The zero-order valence-electron chi connectivity index (χ0n) is 14.0. The second kappa shape index (κ2) is 7.38. The zero-order valence-corrected chi connectivity index (χ0v) is 14.8. The molecule has 0 unspecified atom stereocenters. The second-order valence-electron chi connectivity index (χ2n) is 6.88. The molecule has 0 aromatic carbocycles. The molecule has 1 aromatic rings. The van der Waals surface area contributed by atoms with Crippen LogP contribution in [0.25, 0.3) is 6.08 Å². The molecule has 2 heterocycles. The number of aromatic nitrogens is 1. The first-order chi connectivity index (χ1) is 10.4. The largest absolute Gasteiger partial charge is 0.384 e. The van der Waals surface area contributed by atoms with E-state index in [-0.39, 0.29) is 11.3 Å². The molecule has 0 bridgehead atoms. The van der Waals surface area contributed by atoms with Crippen LogP contribution in [0.15, 0.2) is 12.3 Å². The monoisotopic (exact) mass is 322 g/mol. The predicted molar refractivity (Wildman–Crippen MR) is 91.0 cm³/mol. The molecule has 0 radical (unpaired) electrons.